The SMILES string of the molecule is COc1cc(C(=O)NC(C)(CC(=O)O)C(C)C)cc(OC)c1C. The summed E-state index contributed by atoms with van der Waals surface area (Å²) < 4.78 is 10.5. The van der Waals surface area contributed by atoms with Gasteiger partial charge in [-0.2, -0.15) is 0 Å². The number of hydrogen-bond donors (Lipinski definition) is 2. The summed E-state index contributed by atoms with van der Waals surface area (Å²) in [5, 5.41) is 11.9. The maximum absolute atomic E-state index is 12.6. The zero-order valence-corrected chi connectivity index (χ0v) is 14.5. The van der Waals surface area contributed by atoms with Crippen LogP contribution in [0.5, 0.6) is 11.5 Å². The van der Waals surface area contributed by atoms with Crippen LogP contribution in [0.1, 0.15) is 43.1 Å². The minimum Gasteiger partial charge on any atom is -0.496 e. The van der Waals surface area contributed by atoms with Crippen LogP contribution in [0.4, 0.5) is 0 Å². The lowest BCUT2D eigenvalue weighted by Crippen LogP contribution is -2.51. The highest BCUT2D eigenvalue weighted by atomic mass is 16.5. The maximum atomic E-state index is 12.6. The van der Waals surface area contributed by atoms with Gasteiger partial charge in [0.2, 0.25) is 0 Å². The summed E-state index contributed by atoms with van der Waals surface area (Å²) in [4.78, 5) is 23.7. The van der Waals surface area contributed by atoms with Crippen molar-refractivity contribution >= 4 is 11.9 Å². The molecule has 1 amide bonds. The number of hydrogen-bond acceptors (Lipinski definition) is 4. The van der Waals surface area contributed by atoms with Crippen molar-refractivity contribution in [1.82, 2.24) is 5.32 Å². The number of aliphatic carboxylic acids is 1. The highest BCUT2D eigenvalue weighted by molar-refractivity contribution is 5.96. The van der Waals surface area contributed by atoms with Gasteiger partial charge in [0.25, 0.3) is 5.91 Å². The van der Waals surface area contributed by atoms with Crippen molar-refractivity contribution < 1.29 is 24.2 Å². The Bertz CT molecular complexity index is 572. The Balaban J connectivity index is 3.16. The number of carboxylic acids is 1. The molecule has 128 valence electrons. The van der Waals surface area contributed by atoms with Crippen molar-refractivity contribution in [1.29, 1.82) is 0 Å². The van der Waals surface area contributed by atoms with E-state index in [2.05, 4.69) is 5.32 Å². The van der Waals surface area contributed by atoms with Gasteiger partial charge >= 0.3 is 5.97 Å². The van der Waals surface area contributed by atoms with E-state index in [1.54, 1.807) is 19.1 Å². The zero-order valence-electron chi connectivity index (χ0n) is 14.5. The highest BCUT2D eigenvalue weighted by Crippen LogP contribution is 2.30. The van der Waals surface area contributed by atoms with Gasteiger partial charge in [0.15, 0.2) is 0 Å². The Kier molecular flexibility index (Phi) is 6.01. The Morgan fingerprint density at radius 2 is 1.70 bits per heavy atom. The number of carbonyl (C=O) groups is 2. The van der Waals surface area contributed by atoms with Gasteiger partial charge in [0.05, 0.1) is 26.2 Å². The van der Waals surface area contributed by atoms with Crippen LogP contribution in [0.2, 0.25) is 0 Å². The van der Waals surface area contributed by atoms with Crippen LogP contribution >= 0.6 is 0 Å². The summed E-state index contributed by atoms with van der Waals surface area (Å²) in [6.45, 7) is 7.31. The van der Waals surface area contributed by atoms with Crippen molar-refractivity contribution in [2.24, 2.45) is 5.92 Å². The standard InChI is InChI=1S/C17H25NO5/c1-10(2)17(4,9-15(19)20)18-16(21)12-7-13(22-5)11(3)14(8-12)23-6/h7-8,10H,9H2,1-6H3,(H,18,21)(H,19,20). The molecule has 0 heterocycles. The van der Waals surface area contributed by atoms with Gasteiger partial charge in [-0.3, -0.25) is 9.59 Å². The first-order valence-electron chi connectivity index (χ1n) is 7.41. The van der Waals surface area contributed by atoms with E-state index in [1.807, 2.05) is 20.8 Å². The molecule has 23 heavy (non-hydrogen) atoms. The first kappa shape index (κ1) is 18.8. The van der Waals surface area contributed by atoms with Crippen molar-refractivity contribution in [2.45, 2.75) is 39.7 Å². The molecule has 2 N–H and O–H groups in total. The minimum absolute atomic E-state index is 0.0446. The summed E-state index contributed by atoms with van der Waals surface area (Å²) >= 11 is 0. The molecule has 6 heteroatoms. The Morgan fingerprint density at radius 3 is 2.04 bits per heavy atom. The molecule has 0 saturated heterocycles. The molecule has 1 atom stereocenters. The summed E-state index contributed by atoms with van der Waals surface area (Å²) in [5.41, 5.74) is 0.305. The Morgan fingerprint density at radius 1 is 1.22 bits per heavy atom. The van der Waals surface area contributed by atoms with E-state index in [0.29, 0.717) is 17.1 Å². The second kappa shape index (κ2) is 7.35. The van der Waals surface area contributed by atoms with Crippen LogP contribution in [0.15, 0.2) is 12.1 Å². The van der Waals surface area contributed by atoms with Gasteiger partial charge in [-0.1, -0.05) is 13.8 Å². The third kappa shape index (κ3) is 4.37. The summed E-state index contributed by atoms with van der Waals surface area (Å²) in [5.74, 6) is -0.283. The normalized spacial score (nSPS) is 13.3. The number of carboxylic acid groups (broad SMARTS) is 1. The molecule has 6 nitrogen and oxygen atoms in total. The van der Waals surface area contributed by atoms with E-state index in [-0.39, 0.29) is 18.2 Å². The zero-order chi connectivity index (χ0) is 17.8. The van der Waals surface area contributed by atoms with Crippen molar-refractivity contribution in [3.05, 3.63) is 23.3 Å². The fraction of sp³-hybridized carbons (Fsp3) is 0.529. The fourth-order valence-corrected chi connectivity index (χ4v) is 2.26. The van der Waals surface area contributed by atoms with E-state index in [9.17, 15) is 9.59 Å². The molecular formula is C17H25NO5. The molecule has 1 unspecified atom stereocenters. The number of nitrogens with one attached hydrogen (secondary N) is 1. The molecule has 0 aliphatic heterocycles. The summed E-state index contributed by atoms with van der Waals surface area (Å²) in [7, 11) is 3.04. The van der Waals surface area contributed by atoms with Gasteiger partial charge in [0, 0.05) is 11.1 Å². The van der Waals surface area contributed by atoms with Crippen LogP contribution in [0.3, 0.4) is 0 Å². The number of methoxy groups -OCH3 is 2. The molecule has 0 fully saturated rings. The number of carbonyl (C=O) groups excluding carboxylic acids is 1. The van der Waals surface area contributed by atoms with Crippen LogP contribution < -0.4 is 14.8 Å². The topological polar surface area (TPSA) is 84.9 Å². The molecule has 1 rings (SSSR count). The lowest BCUT2D eigenvalue weighted by atomic mass is 9.85. The van der Waals surface area contributed by atoms with Gasteiger partial charge in [-0.05, 0) is 31.9 Å². The quantitative estimate of drug-likeness (QED) is 0.806. The third-order valence-corrected chi connectivity index (χ3v) is 4.21. The molecule has 0 spiro atoms. The van der Waals surface area contributed by atoms with Crippen LogP contribution in [-0.4, -0.2) is 36.7 Å². The average molecular weight is 323 g/mol. The van der Waals surface area contributed by atoms with E-state index >= 15 is 0 Å². The second-order valence-corrected chi connectivity index (χ2v) is 6.10. The fourth-order valence-electron chi connectivity index (χ4n) is 2.26. The van der Waals surface area contributed by atoms with E-state index in [4.69, 9.17) is 14.6 Å². The van der Waals surface area contributed by atoms with Gasteiger partial charge in [0.1, 0.15) is 11.5 Å². The highest BCUT2D eigenvalue weighted by Gasteiger charge is 2.33. The van der Waals surface area contributed by atoms with Gasteiger partial charge in [-0.15, -0.1) is 0 Å². The van der Waals surface area contributed by atoms with E-state index in [0.717, 1.165) is 5.56 Å². The summed E-state index contributed by atoms with van der Waals surface area (Å²) in [6.07, 6.45) is -0.156. The van der Waals surface area contributed by atoms with Crippen molar-refractivity contribution in [3.8, 4) is 11.5 Å². The maximum Gasteiger partial charge on any atom is 0.305 e. The molecule has 0 aliphatic rings. The number of amides is 1. The van der Waals surface area contributed by atoms with Gasteiger partial charge < -0.3 is 19.9 Å². The van der Waals surface area contributed by atoms with Crippen LogP contribution in [0, 0.1) is 12.8 Å². The van der Waals surface area contributed by atoms with Crippen LogP contribution in [-0.2, 0) is 4.79 Å². The minimum atomic E-state index is -0.958. The molecular weight excluding hydrogens is 298 g/mol. The van der Waals surface area contributed by atoms with Crippen molar-refractivity contribution in [3.63, 3.8) is 0 Å². The Labute approximate surface area is 136 Å². The van der Waals surface area contributed by atoms with Crippen LogP contribution in [0.25, 0.3) is 0 Å². The monoisotopic (exact) mass is 323 g/mol. The lowest BCUT2D eigenvalue weighted by molar-refractivity contribution is -0.138. The van der Waals surface area contributed by atoms with Crippen molar-refractivity contribution in [2.75, 3.05) is 14.2 Å². The number of rotatable bonds is 7. The smallest absolute Gasteiger partial charge is 0.305 e. The second-order valence-electron chi connectivity index (χ2n) is 6.10. The first-order chi connectivity index (χ1) is 10.6. The largest absolute Gasteiger partial charge is 0.496 e. The van der Waals surface area contributed by atoms with E-state index in [1.165, 1.54) is 14.2 Å². The molecule has 0 bridgehead atoms. The third-order valence-electron chi connectivity index (χ3n) is 4.21. The average Bonchev–Trinajstić information content (AvgIpc) is 2.46. The first-order valence-corrected chi connectivity index (χ1v) is 7.41. The molecule has 0 radical (unpaired) electrons. The predicted octanol–water partition coefficient (Wildman–Crippen LogP) is 2.63. The molecule has 0 saturated carbocycles. The van der Waals surface area contributed by atoms with Gasteiger partial charge in [-0.25, -0.2) is 0 Å². The number of ether oxygens (including phenoxy) is 2. The molecule has 1 aromatic carbocycles. The summed E-state index contributed by atoms with van der Waals surface area (Å²) in [6, 6.07) is 3.24. The van der Waals surface area contributed by atoms with E-state index < -0.39 is 11.5 Å². The molecule has 0 aliphatic carbocycles. The molecule has 0 aromatic heterocycles. The Hall–Kier alpha value is -2.24. The molecule has 1 aromatic rings. The predicted molar refractivity (Wildman–Crippen MR) is 87.2 cm³/mol. The number of benzene rings is 1. The lowest BCUT2D eigenvalue weighted by Gasteiger charge is -2.33.